The van der Waals surface area contributed by atoms with E-state index in [1.54, 1.807) is 0 Å². The highest BCUT2D eigenvalue weighted by molar-refractivity contribution is 5.81. The molecular weight excluding hydrogens is 228 g/mol. The standard InChI is InChI=1S/C14H28N2O2/c1-3-10(2)7-8-13(15)14(18)16-11-5-4-6-12(17)9-11/h10-13,17H,3-9,15H2,1-2H3,(H,16,18). The van der Waals surface area contributed by atoms with Gasteiger partial charge in [-0.15, -0.1) is 0 Å². The van der Waals surface area contributed by atoms with Crippen LogP contribution in [0.4, 0.5) is 0 Å². The molecule has 4 N–H and O–H groups in total. The molecule has 1 aliphatic carbocycles. The summed E-state index contributed by atoms with van der Waals surface area (Å²) in [5.41, 5.74) is 5.90. The number of hydrogen-bond donors (Lipinski definition) is 3. The zero-order valence-electron chi connectivity index (χ0n) is 11.7. The molecule has 4 atom stereocenters. The first-order chi connectivity index (χ1) is 8.52. The third-order valence-corrected chi connectivity index (χ3v) is 4.00. The smallest absolute Gasteiger partial charge is 0.237 e. The highest BCUT2D eigenvalue weighted by atomic mass is 16.3. The zero-order chi connectivity index (χ0) is 13.5. The van der Waals surface area contributed by atoms with Crippen molar-refractivity contribution in [1.82, 2.24) is 5.32 Å². The largest absolute Gasteiger partial charge is 0.393 e. The highest BCUT2D eigenvalue weighted by Crippen LogP contribution is 2.18. The number of nitrogens with one attached hydrogen (secondary N) is 1. The molecule has 1 saturated carbocycles. The Bertz CT molecular complexity index is 258. The Hall–Kier alpha value is -0.610. The molecule has 0 bridgehead atoms. The molecule has 0 spiro atoms. The van der Waals surface area contributed by atoms with Crippen LogP contribution in [0.5, 0.6) is 0 Å². The van der Waals surface area contributed by atoms with E-state index in [-0.39, 0.29) is 18.1 Å². The molecule has 4 heteroatoms. The molecule has 1 amide bonds. The van der Waals surface area contributed by atoms with Gasteiger partial charge in [0.25, 0.3) is 0 Å². The van der Waals surface area contributed by atoms with Gasteiger partial charge in [-0.25, -0.2) is 0 Å². The summed E-state index contributed by atoms with van der Waals surface area (Å²) in [7, 11) is 0. The molecule has 0 radical (unpaired) electrons. The van der Waals surface area contributed by atoms with Gasteiger partial charge in [-0.3, -0.25) is 4.79 Å². The molecule has 4 unspecified atom stereocenters. The number of rotatable bonds is 6. The first-order valence-corrected chi connectivity index (χ1v) is 7.27. The predicted octanol–water partition coefficient (Wildman–Crippen LogP) is 1.56. The number of hydrogen-bond acceptors (Lipinski definition) is 3. The van der Waals surface area contributed by atoms with E-state index in [0.29, 0.717) is 12.3 Å². The molecular formula is C14H28N2O2. The van der Waals surface area contributed by atoms with Gasteiger partial charge in [0.1, 0.15) is 0 Å². The molecule has 4 nitrogen and oxygen atoms in total. The molecule has 106 valence electrons. The van der Waals surface area contributed by atoms with Crippen molar-refractivity contribution in [2.75, 3.05) is 0 Å². The van der Waals surface area contributed by atoms with E-state index in [1.807, 2.05) is 0 Å². The Balaban J connectivity index is 2.26. The van der Waals surface area contributed by atoms with Crippen molar-refractivity contribution in [2.45, 2.75) is 77.0 Å². The van der Waals surface area contributed by atoms with Gasteiger partial charge in [-0.05, 0) is 44.4 Å². The van der Waals surface area contributed by atoms with Gasteiger partial charge in [0.05, 0.1) is 12.1 Å². The van der Waals surface area contributed by atoms with E-state index in [0.717, 1.165) is 38.5 Å². The summed E-state index contributed by atoms with van der Waals surface area (Å²) in [4.78, 5) is 11.9. The predicted molar refractivity (Wildman–Crippen MR) is 73.1 cm³/mol. The Morgan fingerprint density at radius 3 is 2.78 bits per heavy atom. The van der Waals surface area contributed by atoms with Crippen molar-refractivity contribution in [2.24, 2.45) is 11.7 Å². The second-order valence-electron chi connectivity index (χ2n) is 5.72. The van der Waals surface area contributed by atoms with Crippen LogP contribution >= 0.6 is 0 Å². The van der Waals surface area contributed by atoms with Crippen LogP contribution in [0.2, 0.25) is 0 Å². The van der Waals surface area contributed by atoms with Crippen LogP contribution < -0.4 is 11.1 Å². The number of aliphatic hydroxyl groups is 1. The maximum Gasteiger partial charge on any atom is 0.237 e. The summed E-state index contributed by atoms with van der Waals surface area (Å²) in [6, 6.07) is -0.297. The molecule has 0 aromatic heterocycles. The van der Waals surface area contributed by atoms with Gasteiger partial charge in [0.15, 0.2) is 0 Å². The van der Waals surface area contributed by atoms with Crippen molar-refractivity contribution in [3.05, 3.63) is 0 Å². The average molecular weight is 256 g/mol. The summed E-state index contributed by atoms with van der Waals surface area (Å²) in [6.45, 7) is 4.34. The molecule has 1 rings (SSSR count). The maximum atomic E-state index is 11.9. The third kappa shape index (κ3) is 5.36. The number of aliphatic hydroxyl groups excluding tert-OH is 1. The van der Waals surface area contributed by atoms with Crippen molar-refractivity contribution in [3.63, 3.8) is 0 Å². The minimum absolute atomic E-state index is 0.0580. The molecule has 0 aromatic rings. The fourth-order valence-corrected chi connectivity index (χ4v) is 2.40. The number of amides is 1. The minimum Gasteiger partial charge on any atom is -0.393 e. The maximum absolute atomic E-state index is 11.9. The SMILES string of the molecule is CCC(C)CCC(N)C(=O)NC1CCCC(O)C1. The number of carbonyl (C=O) groups is 1. The number of nitrogens with two attached hydrogens (primary N) is 1. The lowest BCUT2D eigenvalue weighted by Crippen LogP contribution is -2.47. The minimum atomic E-state index is -0.405. The van der Waals surface area contributed by atoms with Crippen LogP contribution in [-0.4, -0.2) is 29.2 Å². The molecule has 18 heavy (non-hydrogen) atoms. The first-order valence-electron chi connectivity index (χ1n) is 7.27. The second-order valence-corrected chi connectivity index (χ2v) is 5.72. The second kappa shape index (κ2) is 7.74. The fraction of sp³-hybridized carbons (Fsp3) is 0.929. The molecule has 0 heterocycles. The van der Waals surface area contributed by atoms with Gasteiger partial charge in [-0.1, -0.05) is 20.3 Å². The summed E-state index contributed by atoms with van der Waals surface area (Å²) < 4.78 is 0. The first kappa shape index (κ1) is 15.4. The van der Waals surface area contributed by atoms with Gasteiger partial charge in [0, 0.05) is 6.04 Å². The normalized spacial score (nSPS) is 27.6. The van der Waals surface area contributed by atoms with Gasteiger partial charge >= 0.3 is 0 Å². The summed E-state index contributed by atoms with van der Waals surface area (Å²) in [5, 5.41) is 12.5. The molecule has 0 aromatic carbocycles. The van der Waals surface area contributed by atoms with Gasteiger partial charge in [-0.2, -0.15) is 0 Å². The van der Waals surface area contributed by atoms with Crippen molar-refractivity contribution in [1.29, 1.82) is 0 Å². The molecule has 1 fully saturated rings. The van der Waals surface area contributed by atoms with E-state index in [9.17, 15) is 9.90 Å². The van der Waals surface area contributed by atoms with Crippen LogP contribution in [0.15, 0.2) is 0 Å². The monoisotopic (exact) mass is 256 g/mol. The van der Waals surface area contributed by atoms with Crippen molar-refractivity contribution >= 4 is 5.91 Å². The van der Waals surface area contributed by atoms with Gasteiger partial charge < -0.3 is 16.2 Å². The lowest BCUT2D eigenvalue weighted by Gasteiger charge is -2.27. The third-order valence-electron chi connectivity index (χ3n) is 4.00. The lowest BCUT2D eigenvalue weighted by molar-refractivity contribution is -0.123. The Labute approximate surface area is 110 Å². The van der Waals surface area contributed by atoms with E-state index >= 15 is 0 Å². The Morgan fingerprint density at radius 1 is 1.44 bits per heavy atom. The Kier molecular flexibility index (Phi) is 6.65. The lowest BCUT2D eigenvalue weighted by atomic mass is 9.92. The van der Waals surface area contributed by atoms with Gasteiger partial charge in [0.2, 0.25) is 5.91 Å². The highest BCUT2D eigenvalue weighted by Gasteiger charge is 2.23. The van der Waals surface area contributed by atoms with E-state index in [4.69, 9.17) is 5.73 Å². The molecule has 1 aliphatic rings. The summed E-state index contributed by atoms with van der Waals surface area (Å²) in [6.07, 6.45) is 6.07. The summed E-state index contributed by atoms with van der Waals surface area (Å²) in [5.74, 6) is 0.567. The zero-order valence-corrected chi connectivity index (χ0v) is 11.7. The molecule has 0 aliphatic heterocycles. The average Bonchev–Trinajstić information content (AvgIpc) is 2.35. The molecule has 0 saturated heterocycles. The van der Waals surface area contributed by atoms with E-state index < -0.39 is 6.04 Å². The topological polar surface area (TPSA) is 75.4 Å². The van der Waals surface area contributed by atoms with Crippen molar-refractivity contribution < 1.29 is 9.90 Å². The quantitative estimate of drug-likeness (QED) is 0.675. The van der Waals surface area contributed by atoms with Crippen LogP contribution in [0.1, 0.15) is 58.8 Å². The van der Waals surface area contributed by atoms with Crippen LogP contribution in [-0.2, 0) is 4.79 Å². The number of carbonyl (C=O) groups excluding carboxylic acids is 1. The van der Waals surface area contributed by atoms with Crippen LogP contribution in [0.25, 0.3) is 0 Å². The van der Waals surface area contributed by atoms with Crippen LogP contribution in [0.3, 0.4) is 0 Å². The summed E-state index contributed by atoms with van der Waals surface area (Å²) >= 11 is 0. The van der Waals surface area contributed by atoms with Crippen LogP contribution in [0, 0.1) is 5.92 Å². The van der Waals surface area contributed by atoms with E-state index in [1.165, 1.54) is 0 Å². The van der Waals surface area contributed by atoms with Crippen molar-refractivity contribution in [3.8, 4) is 0 Å². The Morgan fingerprint density at radius 2 is 2.17 bits per heavy atom. The van der Waals surface area contributed by atoms with E-state index in [2.05, 4.69) is 19.2 Å². The fourth-order valence-electron chi connectivity index (χ4n) is 2.40.